The van der Waals surface area contributed by atoms with Gasteiger partial charge in [0, 0.05) is 15.4 Å². The molecule has 12 heavy (non-hydrogen) atoms. The fourth-order valence-corrected chi connectivity index (χ4v) is 3.08. The molecule has 0 aliphatic carbocycles. The van der Waals surface area contributed by atoms with Crippen molar-refractivity contribution in [3.63, 3.8) is 0 Å². The third-order valence-electron chi connectivity index (χ3n) is 1.39. The van der Waals surface area contributed by atoms with Gasteiger partial charge in [0.05, 0.1) is 10.4 Å². The molecule has 0 fully saturated rings. The Hall–Kier alpha value is 0.580. The maximum atomic E-state index is 8.73. The zero-order chi connectivity index (χ0) is 9.14. The van der Waals surface area contributed by atoms with Crippen LogP contribution in [0.25, 0.3) is 0 Å². The van der Waals surface area contributed by atoms with Crippen molar-refractivity contribution in [2.45, 2.75) is 12.5 Å². The van der Waals surface area contributed by atoms with Gasteiger partial charge < -0.3 is 10.8 Å². The van der Waals surface area contributed by atoms with Crippen LogP contribution in [0, 0.1) is 0 Å². The van der Waals surface area contributed by atoms with Crippen molar-refractivity contribution in [2.24, 2.45) is 5.73 Å². The molecule has 1 unspecified atom stereocenters. The molecular formula is C7H9Br2NOS. The van der Waals surface area contributed by atoms with Gasteiger partial charge in [0.2, 0.25) is 0 Å². The van der Waals surface area contributed by atoms with E-state index >= 15 is 0 Å². The van der Waals surface area contributed by atoms with E-state index in [0.29, 0.717) is 0 Å². The topological polar surface area (TPSA) is 46.2 Å². The van der Waals surface area contributed by atoms with Gasteiger partial charge in [0.1, 0.15) is 0 Å². The molecule has 0 radical (unpaired) electrons. The molecule has 1 aromatic heterocycles. The number of hydrogen-bond donors (Lipinski definition) is 2. The molecule has 1 atom stereocenters. The fourth-order valence-electron chi connectivity index (χ4n) is 0.815. The van der Waals surface area contributed by atoms with E-state index in [9.17, 15) is 0 Å². The largest absolute Gasteiger partial charge is 0.395 e. The molecule has 68 valence electrons. The third kappa shape index (κ3) is 2.81. The molecule has 2 nitrogen and oxygen atoms in total. The minimum atomic E-state index is -0.151. The molecule has 0 saturated carbocycles. The highest BCUT2D eigenvalue weighted by Crippen LogP contribution is 2.32. The maximum absolute atomic E-state index is 8.73. The van der Waals surface area contributed by atoms with E-state index in [2.05, 4.69) is 31.9 Å². The Labute approximate surface area is 92.0 Å². The standard InChI is InChI=1S/C7H9Br2NOS/c8-6-2-5(12-7(6)9)1-4(10)3-11/h2,4,11H,1,3,10H2. The minimum Gasteiger partial charge on any atom is -0.395 e. The number of aliphatic hydroxyl groups excluding tert-OH is 1. The lowest BCUT2D eigenvalue weighted by atomic mass is 10.2. The summed E-state index contributed by atoms with van der Waals surface area (Å²) in [6.07, 6.45) is 0.728. The van der Waals surface area contributed by atoms with E-state index in [1.165, 1.54) is 4.88 Å². The first-order chi connectivity index (χ1) is 5.63. The van der Waals surface area contributed by atoms with Crippen LogP contribution in [0.3, 0.4) is 0 Å². The predicted octanol–water partition coefficient (Wildman–Crippen LogP) is 2.14. The number of aliphatic hydroxyl groups is 1. The summed E-state index contributed by atoms with van der Waals surface area (Å²) in [7, 11) is 0. The van der Waals surface area contributed by atoms with Crippen LogP contribution in [0.1, 0.15) is 4.88 Å². The van der Waals surface area contributed by atoms with Crippen LogP contribution in [0.4, 0.5) is 0 Å². The van der Waals surface area contributed by atoms with Crippen molar-refractivity contribution >= 4 is 43.2 Å². The van der Waals surface area contributed by atoms with Gasteiger partial charge in [-0.3, -0.25) is 0 Å². The Morgan fingerprint density at radius 2 is 2.25 bits per heavy atom. The van der Waals surface area contributed by atoms with Crippen molar-refractivity contribution in [1.82, 2.24) is 0 Å². The number of halogens is 2. The summed E-state index contributed by atoms with van der Waals surface area (Å²) >= 11 is 8.42. The van der Waals surface area contributed by atoms with E-state index in [4.69, 9.17) is 10.8 Å². The Balaban J connectivity index is 2.64. The fraction of sp³-hybridized carbons (Fsp3) is 0.429. The van der Waals surface area contributed by atoms with E-state index in [0.717, 1.165) is 14.7 Å². The van der Waals surface area contributed by atoms with Gasteiger partial charge in [0.25, 0.3) is 0 Å². The summed E-state index contributed by atoms with van der Waals surface area (Å²) in [5.41, 5.74) is 5.59. The van der Waals surface area contributed by atoms with Gasteiger partial charge in [-0.25, -0.2) is 0 Å². The Kier molecular flexibility index (Phi) is 4.19. The van der Waals surface area contributed by atoms with Gasteiger partial charge in [-0.05, 0) is 44.3 Å². The van der Waals surface area contributed by atoms with E-state index in [1.54, 1.807) is 11.3 Å². The summed E-state index contributed by atoms with van der Waals surface area (Å²) < 4.78 is 2.12. The van der Waals surface area contributed by atoms with Crippen LogP contribution in [0.15, 0.2) is 14.3 Å². The van der Waals surface area contributed by atoms with Gasteiger partial charge >= 0.3 is 0 Å². The van der Waals surface area contributed by atoms with Crippen LogP contribution in [-0.4, -0.2) is 17.8 Å². The van der Waals surface area contributed by atoms with Gasteiger partial charge in [-0.2, -0.15) is 0 Å². The molecule has 1 rings (SSSR count). The SMILES string of the molecule is NC(CO)Cc1cc(Br)c(Br)s1. The van der Waals surface area contributed by atoms with Crippen LogP contribution in [0.5, 0.6) is 0 Å². The molecule has 0 aliphatic rings. The summed E-state index contributed by atoms with van der Waals surface area (Å²) in [5.74, 6) is 0. The molecule has 3 N–H and O–H groups in total. The Bertz CT molecular complexity index is 244. The molecule has 0 amide bonds. The quantitative estimate of drug-likeness (QED) is 0.898. The summed E-state index contributed by atoms with van der Waals surface area (Å²) in [6, 6.07) is 1.87. The van der Waals surface area contributed by atoms with Crippen LogP contribution < -0.4 is 5.73 Å². The monoisotopic (exact) mass is 313 g/mol. The lowest BCUT2D eigenvalue weighted by Gasteiger charge is -2.03. The average molecular weight is 315 g/mol. The highest BCUT2D eigenvalue weighted by atomic mass is 79.9. The second-order valence-corrected chi connectivity index (χ2v) is 5.79. The highest BCUT2D eigenvalue weighted by molar-refractivity contribution is 9.13. The minimum absolute atomic E-state index is 0.0349. The molecule has 0 saturated heterocycles. The number of rotatable bonds is 3. The molecule has 0 bridgehead atoms. The smallest absolute Gasteiger partial charge is 0.0843 e. The summed E-state index contributed by atoms with van der Waals surface area (Å²) in [5, 5.41) is 8.73. The van der Waals surface area contributed by atoms with Gasteiger partial charge in [-0.1, -0.05) is 0 Å². The first-order valence-corrected chi connectivity index (χ1v) is 5.84. The maximum Gasteiger partial charge on any atom is 0.0843 e. The normalized spacial score (nSPS) is 13.3. The molecule has 5 heteroatoms. The van der Waals surface area contributed by atoms with Gasteiger partial charge in [0.15, 0.2) is 0 Å². The zero-order valence-corrected chi connectivity index (χ0v) is 10.2. The molecule has 0 aliphatic heterocycles. The van der Waals surface area contributed by atoms with Crippen LogP contribution in [0.2, 0.25) is 0 Å². The molecule has 0 aromatic carbocycles. The van der Waals surface area contributed by atoms with Crippen molar-refractivity contribution in [3.8, 4) is 0 Å². The second-order valence-electron chi connectivity index (χ2n) is 2.48. The highest BCUT2D eigenvalue weighted by Gasteiger charge is 2.07. The number of nitrogens with two attached hydrogens (primary N) is 1. The molecule has 1 aromatic rings. The van der Waals surface area contributed by atoms with Gasteiger partial charge in [-0.15, -0.1) is 11.3 Å². The lowest BCUT2D eigenvalue weighted by Crippen LogP contribution is -2.26. The van der Waals surface area contributed by atoms with Crippen molar-refractivity contribution in [2.75, 3.05) is 6.61 Å². The zero-order valence-electron chi connectivity index (χ0n) is 6.26. The molecular weight excluding hydrogens is 306 g/mol. The van der Waals surface area contributed by atoms with E-state index in [-0.39, 0.29) is 12.6 Å². The van der Waals surface area contributed by atoms with Crippen molar-refractivity contribution in [1.29, 1.82) is 0 Å². The third-order valence-corrected chi connectivity index (χ3v) is 4.67. The first-order valence-electron chi connectivity index (χ1n) is 3.43. The first kappa shape index (κ1) is 10.7. The number of hydrogen-bond acceptors (Lipinski definition) is 3. The van der Waals surface area contributed by atoms with Crippen LogP contribution in [-0.2, 0) is 6.42 Å². The Morgan fingerprint density at radius 3 is 2.67 bits per heavy atom. The Morgan fingerprint density at radius 1 is 1.58 bits per heavy atom. The van der Waals surface area contributed by atoms with Crippen molar-refractivity contribution in [3.05, 3.63) is 19.2 Å². The molecule has 1 heterocycles. The summed E-state index contributed by atoms with van der Waals surface area (Å²) in [6.45, 7) is 0.0349. The van der Waals surface area contributed by atoms with E-state index in [1.807, 2.05) is 6.07 Å². The molecule has 0 spiro atoms. The van der Waals surface area contributed by atoms with Crippen molar-refractivity contribution < 1.29 is 5.11 Å². The number of thiophene rings is 1. The van der Waals surface area contributed by atoms with Crippen LogP contribution >= 0.6 is 43.2 Å². The average Bonchev–Trinajstić information content (AvgIpc) is 2.31. The predicted molar refractivity (Wildman–Crippen MR) is 58.5 cm³/mol. The second kappa shape index (κ2) is 4.72. The summed E-state index contributed by atoms with van der Waals surface area (Å²) in [4.78, 5) is 1.18. The van der Waals surface area contributed by atoms with E-state index < -0.39 is 0 Å². The lowest BCUT2D eigenvalue weighted by molar-refractivity contribution is 0.265.